The van der Waals surface area contributed by atoms with Gasteiger partial charge in [0.15, 0.2) is 0 Å². The molecular formula is C11H11ClN2O4S. The van der Waals surface area contributed by atoms with E-state index < -0.39 is 10.4 Å². The number of aromatic nitrogens is 1. The fourth-order valence-electron chi connectivity index (χ4n) is 1.61. The second-order valence-corrected chi connectivity index (χ2v) is 5.22. The lowest BCUT2D eigenvalue weighted by molar-refractivity contribution is 0.278. The zero-order valence-electron chi connectivity index (χ0n) is 9.71. The molecule has 19 heavy (non-hydrogen) atoms. The molecule has 0 saturated heterocycles. The first-order valence-electron chi connectivity index (χ1n) is 5.36. The third-order valence-electron chi connectivity index (χ3n) is 2.35. The Bertz CT molecular complexity index is 690. The second-order valence-electron chi connectivity index (χ2n) is 3.70. The fraction of sp³-hybridized carbons (Fsp3) is 0.182. The maximum absolute atomic E-state index is 10.4. The summed E-state index contributed by atoms with van der Waals surface area (Å²) >= 11 is 5.87. The van der Waals surface area contributed by atoms with Crippen molar-refractivity contribution in [3.05, 3.63) is 35.5 Å². The standard InChI is InChI=1S/C11H11ClN2O4S/c12-8-1-2-9-10(3-4-13-11(9)7-8)14-5-6-18-19(15,16)17/h1-4,7H,5-6H2,(H,13,14)(H,15,16,17). The number of nitrogens with one attached hydrogen (secondary N) is 1. The van der Waals surface area contributed by atoms with E-state index in [4.69, 9.17) is 16.2 Å². The summed E-state index contributed by atoms with van der Waals surface area (Å²) in [5, 5.41) is 4.45. The maximum atomic E-state index is 10.4. The quantitative estimate of drug-likeness (QED) is 0.649. The van der Waals surface area contributed by atoms with Gasteiger partial charge in [-0.2, -0.15) is 8.42 Å². The highest BCUT2D eigenvalue weighted by molar-refractivity contribution is 7.80. The van der Waals surface area contributed by atoms with E-state index in [1.54, 1.807) is 24.4 Å². The molecule has 0 bridgehead atoms. The summed E-state index contributed by atoms with van der Waals surface area (Å²) in [5.41, 5.74) is 1.51. The Morgan fingerprint density at radius 3 is 2.89 bits per heavy atom. The molecule has 0 unspecified atom stereocenters. The van der Waals surface area contributed by atoms with E-state index >= 15 is 0 Å². The topological polar surface area (TPSA) is 88.5 Å². The van der Waals surface area contributed by atoms with Crippen LogP contribution in [0.2, 0.25) is 5.02 Å². The number of rotatable bonds is 5. The lowest BCUT2D eigenvalue weighted by Crippen LogP contribution is -2.13. The van der Waals surface area contributed by atoms with Gasteiger partial charge in [0.25, 0.3) is 0 Å². The second kappa shape index (κ2) is 5.70. The van der Waals surface area contributed by atoms with Gasteiger partial charge in [-0.25, -0.2) is 4.18 Å². The maximum Gasteiger partial charge on any atom is 0.397 e. The predicted molar refractivity (Wildman–Crippen MR) is 72.7 cm³/mol. The number of halogens is 1. The van der Waals surface area contributed by atoms with Crippen molar-refractivity contribution >= 4 is 38.6 Å². The Hall–Kier alpha value is -1.41. The van der Waals surface area contributed by atoms with E-state index in [0.717, 1.165) is 16.6 Å². The first-order valence-corrected chi connectivity index (χ1v) is 7.10. The van der Waals surface area contributed by atoms with Crippen molar-refractivity contribution in [2.24, 2.45) is 0 Å². The first kappa shape index (κ1) is 14.0. The molecule has 1 aromatic carbocycles. The molecule has 0 radical (unpaired) electrons. The van der Waals surface area contributed by atoms with Gasteiger partial charge >= 0.3 is 10.4 Å². The van der Waals surface area contributed by atoms with Gasteiger partial charge in [-0.3, -0.25) is 9.54 Å². The van der Waals surface area contributed by atoms with Crippen LogP contribution in [-0.4, -0.2) is 31.1 Å². The van der Waals surface area contributed by atoms with Crippen LogP contribution < -0.4 is 5.32 Å². The van der Waals surface area contributed by atoms with Gasteiger partial charge in [0.1, 0.15) is 0 Å². The van der Waals surface area contributed by atoms with Crippen molar-refractivity contribution in [2.75, 3.05) is 18.5 Å². The van der Waals surface area contributed by atoms with Crippen LogP contribution in [0.1, 0.15) is 0 Å². The Labute approximate surface area is 115 Å². The molecule has 0 aliphatic rings. The number of hydrogen-bond donors (Lipinski definition) is 2. The number of fused-ring (bicyclic) bond motifs is 1. The average molecular weight is 303 g/mol. The van der Waals surface area contributed by atoms with E-state index in [1.165, 1.54) is 0 Å². The lowest BCUT2D eigenvalue weighted by Gasteiger charge is -2.09. The van der Waals surface area contributed by atoms with Crippen molar-refractivity contribution in [2.45, 2.75) is 0 Å². The number of hydrogen-bond acceptors (Lipinski definition) is 5. The van der Waals surface area contributed by atoms with Gasteiger partial charge in [-0.1, -0.05) is 11.6 Å². The van der Waals surface area contributed by atoms with Crippen LogP contribution in [0.4, 0.5) is 5.69 Å². The summed E-state index contributed by atoms with van der Waals surface area (Å²) in [7, 11) is -4.40. The third kappa shape index (κ3) is 4.03. The minimum Gasteiger partial charge on any atom is -0.382 e. The monoisotopic (exact) mass is 302 g/mol. The van der Waals surface area contributed by atoms with E-state index in [1.807, 2.05) is 6.07 Å². The molecule has 0 fully saturated rings. The van der Waals surface area contributed by atoms with Crippen molar-refractivity contribution < 1.29 is 17.2 Å². The average Bonchev–Trinajstić information content (AvgIpc) is 2.33. The van der Waals surface area contributed by atoms with Gasteiger partial charge in [-0.05, 0) is 24.3 Å². The van der Waals surface area contributed by atoms with Gasteiger partial charge in [0, 0.05) is 28.8 Å². The SMILES string of the molecule is O=S(=O)(O)OCCNc1ccnc2cc(Cl)ccc12. The summed E-state index contributed by atoms with van der Waals surface area (Å²) in [4.78, 5) is 4.18. The van der Waals surface area contributed by atoms with Crippen LogP contribution >= 0.6 is 11.6 Å². The minimum absolute atomic E-state index is 0.170. The number of pyridine rings is 1. The predicted octanol–water partition coefficient (Wildman–Crippen LogP) is 2.12. The van der Waals surface area contributed by atoms with Gasteiger partial charge in [0.05, 0.1) is 12.1 Å². The fourth-order valence-corrected chi connectivity index (χ4v) is 2.07. The van der Waals surface area contributed by atoms with E-state index in [0.29, 0.717) is 5.02 Å². The van der Waals surface area contributed by atoms with Crippen LogP contribution in [0.25, 0.3) is 10.9 Å². The van der Waals surface area contributed by atoms with Crippen LogP contribution in [-0.2, 0) is 14.6 Å². The molecule has 1 aromatic heterocycles. The largest absolute Gasteiger partial charge is 0.397 e. The molecule has 0 atom stereocenters. The van der Waals surface area contributed by atoms with Crippen LogP contribution in [0.15, 0.2) is 30.5 Å². The van der Waals surface area contributed by atoms with Crippen molar-refractivity contribution in [3.8, 4) is 0 Å². The third-order valence-corrected chi connectivity index (χ3v) is 3.05. The molecule has 6 nitrogen and oxygen atoms in total. The van der Waals surface area contributed by atoms with Gasteiger partial charge in [0.2, 0.25) is 0 Å². The zero-order chi connectivity index (χ0) is 13.9. The molecule has 0 saturated carbocycles. The van der Waals surface area contributed by atoms with Crippen molar-refractivity contribution in [3.63, 3.8) is 0 Å². The zero-order valence-corrected chi connectivity index (χ0v) is 11.3. The van der Waals surface area contributed by atoms with Crippen molar-refractivity contribution in [1.29, 1.82) is 0 Å². The first-order chi connectivity index (χ1) is 8.96. The molecule has 2 rings (SSSR count). The smallest absolute Gasteiger partial charge is 0.382 e. The highest BCUT2D eigenvalue weighted by Gasteiger charge is 2.05. The molecule has 102 valence electrons. The van der Waals surface area contributed by atoms with Crippen molar-refractivity contribution in [1.82, 2.24) is 4.98 Å². The number of nitrogens with zero attached hydrogens (tertiary/aromatic N) is 1. The van der Waals surface area contributed by atoms with E-state index in [-0.39, 0.29) is 13.2 Å². The normalized spacial score (nSPS) is 11.7. The molecule has 1 heterocycles. The summed E-state index contributed by atoms with van der Waals surface area (Å²) in [5.74, 6) is 0. The van der Waals surface area contributed by atoms with Gasteiger partial charge in [-0.15, -0.1) is 0 Å². The summed E-state index contributed by atoms with van der Waals surface area (Å²) in [6.07, 6.45) is 1.62. The Morgan fingerprint density at radius 1 is 1.37 bits per heavy atom. The molecular weight excluding hydrogens is 292 g/mol. The molecule has 8 heteroatoms. The van der Waals surface area contributed by atoms with Crippen LogP contribution in [0.3, 0.4) is 0 Å². The molecule has 0 aliphatic heterocycles. The molecule has 2 aromatic rings. The van der Waals surface area contributed by atoms with Gasteiger partial charge < -0.3 is 5.32 Å². The molecule has 0 spiro atoms. The summed E-state index contributed by atoms with van der Waals surface area (Å²) in [6, 6.07) is 7.04. The van der Waals surface area contributed by atoms with Crippen LogP contribution in [0, 0.1) is 0 Å². The Morgan fingerprint density at radius 2 is 2.16 bits per heavy atom. The Kier molecular flexibility index (Phi) is 4.20. The number of benzene rings is 1. The molecule has 0 amide bonds. The summed E-state index contributed by atoms with van der Waals surface area (Å²) < 4.78 is 33.4. The minimum atomic E-state index is -4.40. The summed E-state index contributed by atoms with van der Waals surface area (Å²) in [6.45, 7) is 0.0533. The molecule has 2 N–H and O–H groups in total. The van der Waals surface area contributed by atoms with E-state index in [2.05, 4.69) is 14.5 Å². The molecule has 0 aliphatic carbocycles. The highest BCUT2D eigenvalue weighted by Crippen LogP contribution is 2.24. The lowest BCUT2D eigenvalue weighted by atomic mass is 10.2. The van der Waals surface area contributed by atoms with E-state index in [9.17, 15) is 8.42 Å². The Balaban J connectivity index is 2.09. The van der Waals surface area contributed by atoms with Crippen LogP contribution in [0.5, 0.6) is 0 Å². The highest BCUT2D eigenvalue weighted by atomic mass is 35.5. The number of anilines is 1.